The van der Waals surface area contributed by atoms with Crippen LogP contribution in [0.4, 0.5) is 8.78 Å². The second kappa shape index (κ2) is 12.0. The van der Waals surface area contributed by atoms with Crippen molar-refractivity contribution in [1.82, 2.24) is 9.80 Å². The number of phenols is 1. The van der Waals surface area contributed by atoms with Crippen LogP contribution >= 0.6 is 0 Å². The Kier molecular flexibility index (Phi) is 8.72. The van der Waals surface area contributed by atoms with E-state index in [1.165, 1.54) is 24.3 Å². The summed E-state index contributed by atoms with van der Waals surface area (Å²) < 4.78 is 30.0. The van der Waals surface area contributed by atoms with Gasteiger partial charge in [0, 0.05) is 36.4 Å². The maximum absolute atomic E-state index is 15.3. The number of rotatable bonds is 9. The number of phenolic OH excluding ortho intramolecular Hbond substituents is 1. The van der Waals surface area contributed by atoms with Crippen molar-refractivity contribution in [3.8, 4) is 5.75 Å². The van der Waals surface area contributed by atoms with Crippen molar-refractivity contribution in [2.75, 3.05) is 40.3 Å². The van der Waals surface area contributed by atoms with E-state index in [1.807, 2.05) is 26.2 Å². The van der Waals surface area contributed by atoms with Crippen LogP contribution in [0.3, 0.4) is 0 Å². The predicted octanol–water partition coefficient (Wildman–Crippen LogP) is 6.00. The fourth-order valence-electron chi connectivity index (χ4n) is 5.69. The summed E-state index contributed by atoms with van der Waals surface area (Å²) in [5.74, 6) is -2.04. The Morgan fingerprint density at radius 3 is 2.38 bits per heavy atom. The van der Waals surface area contributed by atoms with E-state index < -0.39 is 11.8 Å². The maximum Gasteiger partial charge on any atom is 0.167 e. The lowest BCUT2D eigenvalue weighted by Crippen LogP contribution is -2.47. The van der Waals surface area contributed by atoms with Crippen molar-refractivity contribution in [3.05, 3.63) is 101 Å². The second-order valence-electron chi connectivity index (χ2n) is 10.4. The number of likely N-dealkylation sites (tertiary alicyclic amines) is 1. The van der Waals surface area contributed by atoms with E-state index in [0.29, 0.717) is 29.8 Å². The first-order valence-corrected chi connectivity index (χ1v) is 13.0. The number of nitrogens with zero attached hydrogens (tertiary/aromatic N) is 2. The van der Waals surface area contributed by atoms with E-state index in [0.717, 1.165) is 31.5 Å². The highest BCUT2D eigenvalue weighted by Crippen LogP contribution is 2.46. The molecule has 0 saturated carbocycles. The lowest BCUT2D eigenvalue weighted by molar-refractivity contribution is 0.0732. The molecule has 3 atom stereocenters. The largest absolute Gasteiger partial charge is 0.508 e. The van der Waals surface area contributed by atoms with Crippen LogP contribution in [0.15, 0.2) is 66.7 Å². The fraction of sp³-hybridized carbons (Fsp3) is 0.387. The minimum absolute atomic E-state index is 0.0198. The minimum atomic E-state index is -0.533. The molecule has 0 amide bonds. The Labute approximate surface area is 218 Å². The first-order chi connectivity index (χ1) is 17.8. The zero-order valence-corrected chi connectivity index (χ0v) is 21.8. The van der Waals surface area contributed by atoms with Crippen molar-refractivity contribution < 1.29 is 18.7 Å². The third kappa shape index (κ3) is 6.25. The number of hydrogen-bond donors (Lipinski definition) is 1. The zero-order valence-electron chi connectivity index (χ0n) is 21.8. The maximum atomic E-state index is 15.3. The Bertz CT molecular complexity index is 1230. The monoisotopic (exact) mass is 506 g/mol. The van der Waals surface area contributed by atoms with Crippen LogP contribution in [0, 0.1) is 24.5 Å². The van der Waals surface area contributed by atoms with E-state index in [1.54, 1.807) is 37.3 Å². The summed E-state index contributed by atoms with van der Waals surface area (Å²) >= 11 is 0. The molecule has 1 aliphatic rings. The molecular formula is C31H36F2N2O2. The number of ketones is 1. The lowest BCUT2D eigenvalue weighted by atomic mass is 9.67. The summed E-state index contributed by atoms with van der Waals surface area (Å²) in [7, 11) is 4.09. The van der Waals surface area contributed by atoms with E-state index in [9.17, 15) is 14.3 Å². The molecule has 37 heavy (non-hydrogen) atoms. The molecular weight excluding hydrogens is 470 g/mol. The third-order valence-corrected chi connectivity index (χ3v) is 7.55. The van der Waals surface area contributed by atoms with Gasteiger partial charge in [-0.15, -0.1) is 0 Å². The average molecular weight is 507 g/mol. The highest BCUT2D eigenvalue weighted by molar-refractivity contribution is 5.99. The Morgan fingerprint density at radius 2 is 1.65 bits per heavy atom. The van der Waals surface area contributed by atoms with Crippen LogP contribution in [0.25, 0.3) is 0 Å². The molecule has 6 heteroatoms. The Morgan fingerprint density at radius 1 is 0.946 bits per heavy atom. The van der Waals surface area contributed by atoms with Gasteiger partial charge >= 0.3 is 0 Å². The van der Waals surface area contributed by atoms with Gasteiger partial charge in [0.1, 0.15) is 17.4 Å². The minimum Gasteiger partial charge on any atom is -0.508 e. The highest BCUT2D eigenvalue weighted by atomic mass is 19.1. The quantitative estimate of drug-likeness (QED) is 0.285. The molecule has 3 aromatic carbocycles. The molecule has 1 aliphatic heterocycles. The molecule has 0 unspecified atom stereocenters. The summed E-state index contributed by atoms with van der Waals surface area (Å²) in [4.78, 5) is 18.4. The van der Waals surface area contributed by atoms with Crippen LogP contribution in [-0.4, -0.2) is 61.0 Å². The Hall–Kier alpha value is -3.09. The molecule has 0 aliphatic carbocycles. The molecule has 0 bridgehead atoms. The molecule has 3 aromatic rings. The van der Waals surface area contributed by atoms with Crippen LogP contribution in [0.2, 0.25) is 0 Å². The molecule has 0 aromatic heterocycles. The number of halogens is 2. The number of carbonyl (C=O) groups is 1. The molecule has 196 valence electrons. The Balaban J connectivity index is 1.79. The molecule has 1 saturated heterocycles. The predicted molar refractivity (Wildman–Crippen MR) is 143 cm³/mol. The number of benzene rings is 3. The topological polar surface area (TPSA) is 43.8 Å². The van der Waals surface area contributed by atoms with Gasteiger partial charge in [0.15, 0.2) is 5.78 Å². The highest BCUT2D eigenvalue weighted by Gasteiger charge is 2.43. The molecule has 1 heterocycles. The molecule has 0 radical (unpaired) electrons. The van der Waals surface area contributed by atoms with Gasteiger partial charge in [-0.05, 0) is 87.9 Å². The number of hydrogen-bond acceptors (Lipinski definition) is 4. The summed E-state index contributed by atoms with van der Waals surface area (Å²) in [6.07, 6.45) is 1.98. The number of aromatic hydroxyl groups is 1. The molecule has 4 nitrogen and oxygen atoms in total. The molecule has 1 N–H and O–H groups in total. The second-order valence-corrected chi connectivity index (χ2v) is 10.4. The van der Waals surface area contributed by atoms with Gasteiger partial charge < -0.3 is 14.9 Å². The van der Waals surface area contributed by atoms with Crippen molar-refractivity contribution in [2.24, 2.45) is 5.92 Å². The van der Waals surface area contributed by atoms with Gasteiger partial charge in [-0.2, -0.15) is 0 Å². The molecule has 4 rings (SSSR count). The van der Waals surface area contributed by atoms with Crippen LogP contribution < -0.4 is 0 Å². The van der Waals surface area contributed by atoms with Gasteiger partial charge in [-0.1, -0.05) is 42.5 Å². The van der Waals surface area contributed by atoms with Gasteiger partial charge in [-0.25, -0.2) is 8.78 Å². The van der Waals surface area contributed by atoms with E-state index in [2.05, 4.69) is 9.80 Å². The number of piperidine rings is 1. The van der Waals surface area contributed by atoms with Crippen LogP contribution in [0.1, 0.15) is 51.7 Å². The summed E-state index contributed by atoms with van der Waals surface area (Å²) in [6.45, 7) is 4.56. The van der Waals surface area contributed by atoms with Crippen molar-refractivity contribution in [1.29, 1.82) is 0 Å². The fourth-order valence-corrected chi connectivity index (χ4v) is 5.69. The average Bonchev–Trinajstić information content (AvgIpc) is 2.88. The summed E-state index contributed by atoms with van der Waals surface area (Å²) in [5, 5.41) is 10.1. The van der Waals surface area contributed by atoms with Gasteiger partial charge in [0.05, 0.1) is 0 Å². The zero-order chi connectivity index (χ0) is 26.5. The first-order valence-electron chi connectivity index (χ1n) is 13.0. The standard InChI is InChI=1S/C31H36F2N2O2/c1-21-24(13-9-15-28(21)32)30-26(25-12-4-5-14-29(25)33)19-35(17-7-6-16-34(2)3)20-27(30)31(37)22-10-8-11-23(36)18-22/h4-5,8-15,18,26-27,30,36H,6-7,16-17,19-20H2,1-3H3/t26-,27+,30-/m1/s1. The van der Waals surface area contributed by atoms with Gasteiger partial charge in [-0.3, -0.25) is 4.79 Å². The number of Topliss-reactive ketones (excluding diaryl/α,β-unsaturated/α-hetero) is 1. The first kappa shape index (κ1) is 27.0. The van der Waals surface area contributed by atoms with Crippen molar-refractivity contribution in [2.45, 2.75) is 31.6 Å². The molecule has 0 spiro atoms. The van der Waals surface area contributed by atoms with E-state index in [-0.39, 0.29) is 29.1 Å². The summed E-state index contributed by atoms with van der Waals surface area (Å²) in [5.41, 5.74) is 2.18. The lowest BCUT2D eigenvalue weighted by Gasteiger charge is -2.44. The molecule has 1 fully saturated rings. The third-order valence-electron chi connectivity index (χ3n) is 7.55. The number of carbonyl (C=O) groups excluding carboxylic acids is 1. The van der Waals surface area contributed by atoms with E-state index in [4.69, 9.17) is 0 Å². The van der Waals surface area contributed by atoms with E-state index >= 15 is 4.39 Å². The van der Waals surface area contributed by atoms with Crippen LogP contribution in [-0.2, 0) is 0 Å². The van der Waals surface area contributed by atoms with Gasteiger partial charge in [0.25, 0.3) is 0 Å². The number of unbranched alkanes of at least 4 members (excludes halogenated alkanes) is 1. The van der Waals surface area contributed by atoms with Crippen molar-refractivity contribution >= 4 is 5.78 Å². The SMILES string of the molecule is Cc1c(F)cccc1[C@H]1[C@@H](C(=O)c2cccc(O)c2)CN(CCCCN(C)C)C[C@@H]1c1ccccc1F. The van der Waals surface area contributed by atoms with Gasteiger partial charge in [0.2, 0.25) is 0 Å². The van der Waals surface area contributed by atoms with Crippen LogP contribution in [0.5, 0.6) is 5.75 Å². The smallest absolute Gasteiger partial charge is 0.167 e. The normalized spacial score (nSPS) is 20.3. The summed E-state index contributed by atoms with van der Waals surface area (Å²) in [6, 6.07) is 18.0. The van der Waals surface area contributed by atoms with Crippen molar-refractivity contribution in [3.63, 3.8) is 0 Å².